The molecule has 0 aromatic carbocycles. The van der Waals surface area contributed by atoms with Gasteiger partial charge in [-0.25, -0.2) is 0 Å². The molecule has 1 unspecified atom stereocenters. The number of ether oxygens (including phenoxy) is 3. The minimum atomic E-state index is -0.788. The van der Waals surface area contributed by atoms with Crippen molar-refractivity contribution in [2.24, 2.45) is 0 Å². The number of unbranched alkanes of at least 4 members (excludes halogenated alkanes) is 46. The first-order valence-corrected chi connectivity index (χ1v) is 35.1. The lowest BCUT2D eigenvalue weighted by Gasteiger charge is -2.18. The standard InChI is InChI=1S/C73H134O6/c1-4-7-10-13-16-19-22-25-28-30-32-34-36-38-40-42-45-48-51-54-57-60-63-66-72(75)78-69-70(68-77-71(74)65-62-59-56-53-50-47-44-27-24-21-18-15-12-9-6-3)79-73(76)67-64-61-58-55-52-49-46-43-41-39-37-35-33-31-29-26-23-20-17-14-11-8-5-2/h9,12,18,21,27,44,50,53,70H,4-8,10-11,13-17,19-20,22-26,28-43,45-49,51-52,54-69H2,1-3H3/b12-9-,21-18-,44-27-,53-50-. The van der Waals surface area contributed by atoms with Crippen molar-refractivity contribution in [2.45, 2.75) is 386 Å². The molecule has 0 spiro atoms. The van der Waals surface area contributed by atoms with Gasteiger partial charge in [-0.1, -0.05) is 352 Å². The van der Waals surface area contributed by atoms with Gasteiger partial charge in [-0.15, -0.1) is 0 Å². The number of carbonyl (C=O) groups excluding carboxylic acids is 3. The third kappa shape index (κ3) is 66.1. The molecule has 6 nitrogen and oxygen atoms in total. The third-order valence-corrected chi connectivity index (χ3v) is 15.8. The van der Waals surface area contributed by atoms with Crippen LogP contribution < -0.4 is 0 Å². The van der Waals surface area contributed by atoms with Gasteiger partial charge in [0.15, 0.2) is 6.10 Å². The summed E-state index contributed by atoms with van der Waals surface area (Å²) in [6.45, 7) is 6.57. The first kappa shape index (κ1) is 76.4. The first-order chi connectivity index (χ1) is 39.0. The molecule has 0 radical (unpaired) electrons. The fourth-order valence-electron chi connectivity index (χ4n) is 10.6. The number of hydrogen-bond acceptors (Lipinski definition) is 6. The van der Waals surface area contributed by atoms with E-state index in [4.69, 9.17) is 14.2 Å². The van der Waals surface area contributed by atoms with E-state index < -0.39 is 6.10 Å². The van der Waals surface area contributed by atoms with Gasteiger partial charge in [0.1, 0.15) is 13.2 Å². The molecule has 6 heteroatoms. The van der Waals surface area contributed by atoms with Crippen LogP contribution in [0, 0.1) is 0 Å². The molecule has 0 saturated carbocycles. The van der Waals surface area contributed by atoms with E-state index in [0.29, 0.717) is 19.3 Å². The van der Waals surface area contributed by atoms with E-state index in [1.54, 1.807) is 0 Å². The van der Waals surface area contributed by atoms with E-state index in [-0.39, 0.29) is 31.1 Å². The highest BCUT2D eigenvalue weighted by Gasteiger charge is 2.19. The molecule has 0 aliphatic heterocycles. The largest absolute Gasteiger partial charge is 0.462 e. The molecule has 462 valence electrons. The predicted octanol–water partition coefficient (Wildman–Crippen LogP) is 24.1. The normalized spacial score (nSPS) is 12.3. The van der Waals surface area contributed by atoms with E-state index in [1.807, 2.05) is 0 Å². The molecule has 0 aromatic heterocycles. The maximum atomic E-state index is 13.0. The van der Waals surface area contributed by atoms with Crippen molar-refractivity contribution in [3.05, 3.63) is 48.6 Å². The SMILES string of the molecule is CC/C=C\C/C=C\C/C=C\C/C=C\CCCCC(=O)OCC(COC(=O)CCCCCCCCCCCCCCCCCCCCCCCCC)OC(=O)CCCCCCCCCCCCCCCCCCCCCCCCC. The van der Waals surface area contributed by atoms with Crippen LogP contribution in [0.25, 0.3) is 0 Å². The van der Waals surface area contributed by atoms with Crippen LogP contribution in [0.15, 0.2) is 48.6 Å². The first-order valence-electron chi connectivity index (χ1n) is 35.1. The lowest BCUT2D eigenvalue weighted by atomic mass is 10.0. The van der Waals surface area contributed by atoms with E-state index in [1.165, 1.54) is 257 Å². The van der Waals surface area contributed by atoms with Gasteiger partial charge >= 0.3 is 17.9 Å². The minimum absolute atomic E-state index is 0.0809. The van der Waals surface area contributed by atoms with Gasteiger partial charge in [-0.05, 0) is 57.8 Å². The second-order valence-corrected chi connectivity index (χ2v) is 23.8. The Labute approximate surface area is 492 Å². The van der Waals surface area contributed by atoms with Gasteiger partial charge in [-0.2, -0.15) is 0 Å². The maximum absolute atomic E-state index is 13.0. The lowest BCUT2D eigenvalue weighted by Crippen LogP contribution is -2.30. The van der Waals surface area contributed by atoms with Crippen LogP contribution in [0.3, 0.4) is 0 Å². The van der Waals surface area contributed by atoms with Gasteiger partial charge < -0.3 is 14.2 Å². The zero-order valence-electron chi connectivity index (χ0n) is 53.2. The molecule has 0 amide bonds. The molecule has 1 atom stereocenters. The predicted molar refractivity (Wildman–Crippen MR) is 344 cm³/mol. The molecular weight excluding hydrogens is 973 g/mol. The Morgan fingerprint density at radius 3 is 0.772 bits per heavy atom. The fourth-order valence-corrected chi connectivity index (χ4v) is 10.6. The maximum Gasteiger partial charge on any atom is 0.306 e. The summed E-state index contributed by atoms with van der Waals surface area (Å²) in [4.78, 5) is 38.4. The monoisotopic (exact) mass is 1110 g/mol. The van der Waals surface area contributed by atoms with Crippen molar-refractivity contribution >= 4 is 17.9 Å². The fraction of sp³-hybridized carbons (Fsp3) is 0.849. The van der Waals surface area contributed by atoms with Crippen LogP contribution in [-0.4, -0.2) is 37.2 Å². The minimum Gasteiger partial charge on any atom is -0.462 e. The van der Waals surface area contributed by atoms with Crippen molar-refractivity contribution in [1.29, 1.82) is 0 Å². The average molecular weight is 1110 g/mol. The summed E-state index contributed by atoms with van der Waals surface area (Å²) in [5.74, 6) is -0.896. The number of carbonyl (C=O) groups is 3. The average Bonchev–Trinajstić information content (AvgIpc) is 3.45. The number of esters is 3. The van der Waals surface area contributed by atoms with E-state index in [2.05, 4.69) is 69.4 Å². The second kappa shape index (κ2) is 67.9. The summed E-state index contributed by atoms with van der Waals surface area (Å²) in [6, 6.07) is 0. The van der Waals surface area contributed by atoms with Gasteiger partial charge in [0, 0.05) is 19.3 Å². The summed E-state index contributed by atoms with van der Waals surface area (Å²) >= 11 is 0. The van der Waals surface area contributed by atoms with Crippen molar-refractivity contribution in [2.75, 3.05) is 13.2 Å². The Balaban J connectivity index is 4.29. The van der Waals surface area contributed by atoms with E-state index in [0.717, 1.165) is 83.5 Å². The van der Waals surface area contributed by atoms with Crippen LogP contribution in [-0.2, 0) is 28.6 Å². The van der Waals surface area contributed by atoms with Crippen LogP contribution in [0.2, 0.25) is 0 Å². The summed E-state index contributed by atoms with van der Waals surface area (Å²) in [7, 11) is 0. The Morgan fingerprint density at radius 2 is 0.494 bits per heavy atom. The van der Waals surface area contributed by atoms with Gasteiger partial charge in [0.2, 0.25) is 0 Å². The summed E-state index contributed by atoms with van der Waals surface area (Å²) in [6.07, 6.45) is 85.8. The van der Waals surface area contributed by atoms with Crippen LogP contribution >= 0.6 is 0 Å². The molecule has 0 aliphatic carbocycles. The van der Waals surface area contributed by atoms with Gasteiger partial charge in [-0.3, -0.25) is 14.4 Å². The second-order valence-electron chi connectivity index (χ2n) is 23.8. The van der Waals surface area contributed by atoms with Gasteiger partial charge in [0.25, 0.3) is 0 Å². The molecule has 0 heterocycles. The molecule has 79 heavy (non-hydrogen) atoms. The molecule has 0 N–H and O–H groups in total. The van der Waals surface area contributed by atoms with Crippen LogP contribution in [0.1, 0.15) is 380 Å². The quantitative estimate of drug-likeness (QED) is 0.0261. The zero-order valence-corrected chi connectivity index (χ0v) is 53.2. The highest BCUT2D eigenvalue weighted by atomic mass is 16.6. The molecule has 0 bridgehead atoms. The van der Waals surface area contributed by atoms with Crippen molar-refractivity contribution in [3.8, 4) is 0 Å². The highest BCUT2D eigenvalue weighted by molar-refractivity contribution is 5.71. The number of allylic oxidation sites excluding steroid dienone is 8. The van der Waals surface area contributed by atoms with E-state index >= 15 is 0 Å². The Hall–Kier alpha value is -2.63. The smallest absolute Gasteiger partial charge is 0.306 e. The Morgan fingerprint density at radius 1 is 0.266 bits per heavy atom. The molecular formula is C73H134O6. The molecule has 0 rings (SSSR count). The Bertz CT molecular complexity index is 1360. The van der Waals surface area contributed by atoms with Crippen molar-refractivity contribution < 1.29 is 28.6 Å². The number of rotatable bonds is 65. The van der Waals surface area contributed by atoms with Crippen LogP contribution in [0.4, 0.5) is 0 Å². The molecule has 0 saturated heterocycles. The Kier molecular flexibility index (Phi) is 65.6. The van der Waals surface area contributed by atoms with Gasteiger partial charge in [0.05, 0.1) is 0 Å². The highest BCUT2D eigenvalue weighted by Crippen LogP contribution is 2.19. The molecule has 0 aliphatic rings. The third-order valence-electron chi connectivity index (χ3n) is 15.8. The summed E-state index contributed by atoms with van der Waals surface area (Å²) < 4.78 is 17.0. The number of hydrogen-bond donors (Lipinski definition) is 0. The summed E-state index contributed by atoms with van der Waals surface area (Å²) in [5.41, 5.74) is 0. The molecule has 0 fully saturated rings. The topological polar surface area (TPSA) is 78.9 Å². The van der Waals surface area contributed by atoms with E-state index in [9.17, 15) is 14.4 Å². The van der Waals surface area contributed by atoms with Crippen LogP contribution in [0.5, 0.6) is 0 Å². The summed E-state index contributed by atoms with van der Waals surface area (Å²) in [5, 5.41) is 0. The lowest BCUT2D eigenvalue weighted by molar-refractivity contribution is -0.167. The van der Waals surface area contributed by atoms with Crippen molar-refractivity contribution in [1.82, 2.24) is 0 Å². The molecule has 0 aromatic rings. The van der Waals surface area contributed by atoms with Crippen molar-refractivity contribution in [3.63, 3.8) is 0 Å². The zero-order chi connectivity index (χ0) is 57.1.